The van der Waals surface area contributed by atoms with Crippen molar-refractivity contribution in [1.82, 2.24) is 15.5 Å². The lowest BCUT2D eigenvalue weighted by Crippen LogP contribution is -2.61. The smallest absolute Gasteiger partial charge is 0.408 e. The molecule has 3 rings (SSSR count). The number of hydrogen-bond acceptors (Lipinski definition) is 6. The van der Waals surface area contributed by atoms with E-state index in [1.165, 1.54) is 0 Å². The zero-order valence-corrected chi connectivity index (χ0v) is 20.3. The molecule has 184 valence electrons. The fourth-order valence-corrected chi connectivity index (χ4v) is 4.16. The van der Waals surface area contributed by atoms with Crippen molar-refractivity contribution in [2.75, 3.05) is 13.1 Å². The Bertz CT molecular complexity index is 928. The van der Waals surface area contributed by atoms with Crippen LogP contribution < -0.4 is 10.6 Å². The second kappa shape index (κ2) is 11.2. The number of benzene rings is 1. The lowest BCUT2D eigenvalue weighted by Gasteiger charge is -2.40. The SMILES string of the molecule is CC(C)(C)OC(=O)CNC1=CC=CCN1C(=O)C1(NC(=O)OCc2ccccc2)CCCCC1. The summed E-state index contributed by atoms with van der Waals surface area (Å²) in [6.45, 7) is 5.82. The van der Waals surface area contributed by atoms with Crippen molar-refractivity contribution in [1.29, 1.82) is 0 Å². The number of carbonyl (C=O) groups is 3. The lowest BCUT2D eigenvalue weighted by molar-refractivity contribution is -0.153. The molecule has 1 fully saturated rings. The number of esters is 1. The molecule has 8 nitrogen and oxygen atoms in total. The normalized spacial score (nSPS) is 17.4. The zero-order chi connectivity index (χ0) is 24.6. The van der Waals surface area contributed by atoms with Crippen LogP contribution in [0.4, 0.5) is 4.79 Å². The molecular formula is C26H35N3O5. The van der Waals surface area contributed by atoms with Gasteiger partial charge in [0.1, 0.15) is 30.1 Å². The zero-order valence-electron chi connectivity index (χ0n) is 20.3. The highest BCUT2D eigenvalue weighted by atomic mass is 16.6. The maximum Gasteiger partial charge on any atom is 0.408 e. The van der Waals surface area contributed by atoms with E-state index in [4.69, 9.17) is 9.47 Å². The quantitative estimate of drug-likeness (QED) is 0.590. The van der Waals surface area contributed by atoms with Gasteiger partial charge >= 0.3 is 12.1 Å². The molecule has 0 atom stereocenters. The summed E-state index contributed by atoms with van der Waals surface area (Å²) in [5.74, 6) is -0.121. The molecule has 1 heterocycles. The van der Waals surface area contributed by atoms with Gasteiger partial charge < -0.3 is 20.1 Å². The molecule has 0 radical (unpaired) electrons. The van der Waals surface area contributed by atoms with Gasteiger partial charge in [-0.2, -0.15) is 0 Å². The van der Waals surface area contributed by atoms with Crippen LogP contribution >= 0.6 is 0 Å². The van der Waals surface area contributed by atoms with Gasteiger partial charge in [-0.05, 0) is 45.3 Å². The average Bonchev–Trinajstić information content (AvgIpc) is 2.81. The van der Waals surface area contributed by atoms with Crippen LogP contribution in [0.1, 0.15) is 58.4 Å². The molecule has 2 N–H and O–H groups in total. The third-order valence-corrected chi connectivity index (χ3v) is 5.72. The standard InChI is InChI=1S/C26H35N3O5/c1-25(2,3)34-22(30)18-27-21-14-8-11-17-29(21)23(31)26(15-9-5-10-16-26)28-24(32)33-19-20-12-6-4-7-13-20/h4,6-8,11-14,27H,5,9-10,15-19H2,1-3H3,(H,28,32). The molecule has 0 spiro atoms. The molecule has 0 bridgehead atoms. The van der Waals surface area contributed by atoms with E-state index in [1.807, 2.05) is 42.5 Å². The predicted octanol–water partition coefficient (Wildman–Crippen LogP) is 3.79. The van der Waals surface area contributed by atoms with Crippen LogP contribution in [-0.4, -0.2) is 47.1 Å². The van der Waals surface area contributed by atoms with Gasteiger partial charge in [0.05, 0.1) is 0 Å². The van der Waals surface area contributed by atoms with Crippen LogP contribution in [0.3, 0.4) is 0 Å². The highest BCUT2D eigenvalue weighted by molar-refractivity contribution is 5.91. The number of ether oxygens (including phenoxy) is 2. The molecule has 0 aromatic heterocycles. The summed E-state index contributed by atoms with van der Waals surface area (Å²) in [7, 11) is 0. The average molecular weight is 470 g/mol. The van der Waals surface area contributed by atoms with Crippen LogP contribution in [-0.2, 0) is 25.7 Å². The van der Waals surface area contributed by atoms with Crippen molar-refractivity contribution < 1.29 is 23.9 Å². The van der Waals surface area contributed by atoms with E-state index in [-0.39, 0.29) is 19.1 Å². The van der Waals surface area contributed by atoms with Gasteiger partial charge in [0.25, 0.3) is 5.91 Å². The summed E-state index contributed by atoms with van der Waals surface area (Å²) >= 11 is 0. The minimum Gasteiger partial charge on any atom is -0.459 e. The van der Waals surface area contributed by atoms with Crippen LogP contribution in [0.2, 0.25) is 0 Å². The molecule has 8 heteroatoms. The number of rotatable bonds is 7. The Morgan fingerprint density at radius 1 is 1.06 bits per heavy atom. The summed E-state index contributed by atoms with van der Waals surface area (Å²) in [5.41, 5.74) is -0.769. The van der Waals surface area contributed by atoms with Crippen LogP contribution in [0.25, 0.3) is 0 Å². The maximum atomic E-state index is 13.8. The van der Waals surface area contributed by atoms with E-state index in [2.05, 4.69) is 10.6 Å². The Hall–Kier alpha value is -3.29. The maximum absolute atomic E-state index is 13.8. The van der Waals surface area contributed by atoms with Crippen LogP contribution in [0.5, 0.6) is 0 Å². The third kappa shape index (κ3) is 7.10. The third-order valence-electron chi connectivity index (χ3n) is 5.72. The van der Waals surface area contributed by atoms with Crippen LogP contribution in [0.15, 0.2) is 54.4 Å². The number of nitrogens with zero attached hydrogens (tertiary/aromatic N) is 1. The molecule has 1 aromatic rings. The Morgan fingerprint density at radius 2 is 1.76 bits per heavy atom. The summed E-state index contributed by atoms with van der Waals surface area (Å²) in [6.07, 6.45) is 8.57. The molecule has 1 aromatic carbocycles. The van der Waals surface area contributed by atoms with Crippen molar-refractivity contribution >= 4 is 18.0 Å². The molecule has 1 aliphatic heterocycles. The van der Waals surface area contributed by atoms with E-state index < -0.39 is 23.2 Å². The van der Waals surface area contributed by atoms with Crippen molar-refractivity contribution in [3.8, 4) is 0 Å². The van der Waals surface area contributed by atoms with Gasteiger partial charge in [0, 0.05) is 6.54 Å². The Labute approximate surface area is 201 Å². The predicted molar refractivity (Wildman–Crippen MR) is 128 cm³/mol. The van der Waals surface area contributed by atoms with Gasteiger partial charge in [-0.25, -0.2) is 4.79 Å². The molecule has 2 amide bonds. The topological polar surface area (TPSA) is 97.0 Å². The fraction of sp³-hybridized carbons (Fsp3) is 0.500. The number of alkyl carbamates (subject to hydrolysis) is 1. The van der Waals surface area contributed by atoms with E-state index in [1.54, 1.807) is 31.7 Å². The molecule has 34 heavy (non-hydrogen) atoms. The first-order valence-corrected chi connectivity index (χ1v) is 11.8. The first kappa shape index (κ1) is 25.3. The molecule has 2 aliphatic rings. The van der Waals surface area contributed by atoms with Gasteiger partial charge in [-0.3, -0.25) is 14.5 Å². The van der Waals surface area contributed by atoms with Crippen molar-refractivity contribution in [2.24, 2.45) is 0 Å². The second-order valence-corrected chi connectivity index (χ2v) is 9.67. The van der Waals surface area contributed by atoms with Gasteiger partial charge in [0.2, 0.25) is 0 Å². The first-order chi connectivity index (χ1) is 16.2. The number of nitrogens with one attached hydrogen (secondary N) is 2. The summed E-state index contributed by atoms with van der Waals surface area (Å²) in [5, 5.41) is 5.92. The van der Waals surface area contributed by atoms with Crippen molar-refractivity contribution in [3.63, 3.8) is 0 Å². The largest absolute Gasteiger partial charge is 0.459 e. The van der Waals surface area contributed by atoms with E-state index >= 15 is 0 Å². The number of allylic oxidation sites excluding steroid dienone is 2. The first-order valence-electron chi connectivity index (χ1n) is 11.8. The molecule has 0 saturated heterocycles. The lowest BCUT2D eigenvalue weighted by atomic mass is 9.80. The number of amides is 2. The fourth-order valence-electron chi connectivity index (χ4n) is 4.16. The minimum absolute atomic E-state index is 0.0692. The summed E-state index contributed by atoms with van der Waals surface area (Å²) in [4.78, 5) is 40.2. The Morgan fingerprint density at radius 3 is 2.44 bits per heavy atom. The van der Waals surface area contributed by atoms with E-state index in [9.17, 15) is 14.4 Å². The van der Waals surface area contributed by atoms with Crippen molar-refractivity contribution in [3.05, 3.63) is 59.9 Å². The van der Waals surface area contributed by atoms with Gasteiger partial charge in [0.15, 0.2) is 0 Å². The highest BCUT2D eigenvalue weighted by Gasteiger charge is 2.44. The van der Waals surface area contributed by atoms with Crippen molar-refractivity contribution in [2.45, 2.75) is 70.6 Å². The van der Waals surface area contributed by atoms with E-state index in [0.717, 1.165) is 24.8 Å². The number of carbonyl (C=O) groups excluding carboxylic acids is 3. The van der Waals surface area contributed by atoms with Crippen LogP contribution in [0, 0.1) is 0 Å². The molecule has 0 unspecified atom stereocenters. The summed E-state index contributed by atoms with van der Waals surface area (Å²) in [6, 6.07) is 9.41. The van der Waals surface area contributed by atoms with Gasteiger partial charge in [-0.15, -0.1) is 0 Å². The molecule has 1 aliphatic carbocycles. The highest BCUT2D eigenvalue weighted by Crippen LogP contribution is 2.31. The van der Waals surface area contributed by atoms with Gasteiger partial charge in [-0.1, -0.05) is 61.7 Å². The monoisotopic (exact) mass is 469 g/mol. The Kier molecular flexibility index (Phi) is 8.36. The Balaban J connectivity index is 1.67. The summed E-state index contributed by atoms with van der Waals surface area (Å²) < 4.78 is 10.8. The minimum atomic E-state index is -1.05. The number of hydrogen-bond donors (Lipinski definition) is 2. The van der Waals surface area contributed by atoms with E-state index in [0.29, 0.717) is 25.2 Å². The molecular weight excluding hydrogens is 434 g/mol. The molecule has 1 saturated carbocycles. The second-order valence-electron chi connectivity index (χ2n) is 9.67.